The quantitative estimate of drug-likeness (QED) is 0.673. The second-order valence-corrected chi connectivity index (χ2v) is 6.36. The van der Waals surface area contributed by atoms with E-state index >= 15 is 0 Å². The van der Waals surface area contributed by atoms with Crippen LogP contribution in [0.4, 0.5) is 20.2 Å². The van der Waals surface area contributed by atoms with Gasteiger partial charge < -0.3 is 16.0 Å². The minimum absolute atomic E-state index is 0.157. The average Bonchev–Trinajstić information content (AvgIpc) is 2.46. The maximum Gasteiger partial charge on any atom is 0.341 e. The molecule has 1 rings (SSSR count). The van der Waals surface area contributed by atoms with Crippen molar-refractivity contribution in [2.45, 2.75) is 24.0 Å². The van der Waals surface area contributed by atoms with Crippen LogP contribution in [0, 0.1) is 0 Å². The lowest BCUT2D eigenvalue weighted by atomic mass is 10.2. The van der Waals surface area contributed by atoms with E-state index in [1.807, 2.05) is 6.92 Å². The van der Waals surface area contributed by atoms with Crippen LogP contribution in [0.15, 0.2) is 23.1 Å². The van der Waals surface area contributed by atoms with Crippen LogP contribution >= 0.6 is 0 Å². The first-order valence-corrected chi connectivity index (χ1v) is 8.22. The van der Waals surface area contributed by atoms with Crippen LogP contribution in [0.2, 0.25) is 0 Å². The minimum atomic E-state index is -4.71. The largest absolute Gasteiger partial charge is 0.384 e. The van der Waals surface area contributed by atoms with Gasteiger partial charge in [-0.1, -0.05) is 0 Å². The molecule has 124 valence electrons. The minimum Gasteiger partial charge on any atom is -0.384 e. The highest BCUT2D eigenvalue weighted by Gasteiger charge is 2.27. The zero-order chi connectivity index (χ0) is 16.8. The lowest BCUT2D eigenvalue weighted by molar-refractivity contribution is -0.116. The molecule has 0 fully saturated rings. The Hall–Kier alpha value is -1.74. The summed E-state index contributed by atoms with van der Waals surface area (Å²) in [6, 6.07) is 3.48. The summed E-state index contributed by atoms with van der Waals surface area (Å²) in [6.07, 6.45) is 0.174. The number of carbonyl (C=O) groups excluding carboxylic acids is 1. The second kappa shape index (κ2) is 8.04. The molecule has 0 atom stereocenters. The average molecular weight is 335 g/mol. The van der Waals surface area contributed by atoms with Gasteiger partial charge in [0.15, 0.2) is 0 Å². The van der Waals surface area contributed by atoms with E-state index in [0.717, 1.165) is 12.1 Å². The van der Waals surface area contributed by atoms with E-state index in [1.54, 1.807) is 7.05 Å². The van der Waals surface area contributed by atoms with Crippen molar-refractivity contribution in [3.8, 4) is 0 Å². The highest BCUT2D eigenvalue weighted by molar-refractivity contribution is 7.91. The Bertz CT molecular complexity index is 621. The summed E-state index contributed by atoms with van der Waals surface area (Å²) in [7, 11) is -3.02. The lowest BCUT2D eigenvalue weighted by Crippen LogP contribution is -2.20. The van der Waals surface area contributed by atoms with E-state index < -0.39 is 20.5 Å². The monoisotopic (exact) mass is 335 g/mol. The molecular formula is C13H19F2N3O3S. The van der Waals surface area contributed by atoms with Gasteiger partial charge in [0, 0.05) is 19.5 Å². The van der Waals surface area contributed by atoms with Gasteiger partial charge >= 0.3 is 5.76 Å². The number of hydrogen-bond acceptors (Lipinski definition) is 5. The third-order valence-electron chi connectivity index (χ3n) is 2.80. The molecule has 1 amide bonds. The number of halogens is 2. The molecule has 0 bridgehead atoms. The lowest BCUT2D eigenvalue weighted by Gasteiger charge is -2.14. The molecule has 0 aliphatic rings. The molecule has 0 aliphatic heterocycles. The van der Waals surface area contributed by atoms with E-state index in [1.165, 1.54) is 6.07 Å². The van der Waals surface area contributed by atoms with E-state index in [2.05, 4.69) is 16.0 Å². The van der Waals surface area contributed by atoms with Gasteiger partial charge in [0.25, 0.3) is 0 Å². The van der Waals surface area contributed by atoms with Crippen molar-refractivity contribution in [3.63, 3.8) is 0 Å². The first-order chi connectivity index (χ1) is 10.3. The van der Waals surface area contributed by atoms with Gasteiger partial charge in [0.05, 0.1) is 16.3 Å². The van der Waals surface area contributed by atoms with Gasteiger partial charge in [-0.3, -0.25) is 4.79 Å². The molecule has 1 aromatic rings. The predicted molar refractivity (Wildman–Crippen MR) is 81.0 cm³/mol. The van der Waals surface area contributed by atoms with Crippen LogP contribution in [0.3, 0.4) is 0 Å². The summed E-state index contributed by atoms with van der Waals surface area (Å²) in [5.74, 6) is -3.86. The fourth-order valence-corrected chi connectivity index (χ4v) is 2.45. The van der Waals surface area contributed by atoms with Crippen molar-refractivity contribution in [1.82, 2.24) is 5.32 Å². The summed E-state index contributed by atoms with van der Waals surface area (Å²) in [4.78, 5) is 11.2. The number of hydrogen-bond donors (Lipinski definition) is 3. The van der Waals surface area contributed by atoms with Crippen molar-refractivity contribution in [2.75, 3.05) is 30.8 Å². The van der Waals surface area contributed by atoms with Crippen LogP contribution in [-0.2, 0) is 14.6 Å². The van der Waals surface area contributed by atoms with Crippen LogP contribution in [0.5, 0.6) is 0 Å². The second-order valence-electron chi connectivity index (χ2n) is 4.45. The molecule has 9 heteroatoms. The van der Waals surface area contributed by atoms with E-state index in [-0.39, 0.29) is 18.0 Å². The predicted octanol–water partition coefficient (Wildman–Crippen LogP) is 1.66. The molecule has 3 N–H and O–H groups in total. The molecule has 1 aromatic carbocycles. The summed E-state index contributed by atoms with van der Waals surface area (Å²) in [5, 5.41) is 8.27. The Labute approximate surface area is 128 Å². The highest BCUT2D eigenvalue weighted by Crippen LogP contribution is 2.28. The van der Waals surface area contributed by atoms with Crippen LogP contribution in [0.1, 0.15) is 13.3 Å². The van der Waals surface area contributed by atoms with Crippen molar-refractivity contribution in [1.29, 1.82) is 0 Å². The standard InChI is InChI=1S/C13H19F2N3O3S/c1-3-17-10-5-4-9(22(20,21)13(14)15)8-11(10)18-12(19)6-7-16-2/h4-5,8,13,16-17H,3,6-7H2,1-2H3,(H,18,19). The first-order valence-electron chi connectivity index (χ1n) is 6.67. The molecule has 0 saturated heterocycles. The van der Waals surface area contributed by atoms with E-state index in [4.69, 9.17) is 0 Å². The van der Waals surface area contributed by atoms with Crippen molar-refractivity contribution < 1.29 is 22.0 Å². The Morgan fingerprint density at radius 2 is 1.95 bits per heavy atom. The molecule has 0 spiro atoms. The summed E-state index contributed by atoms with van der Waals surface area (Å²) < 4.78 is 48.3. The van der Waals surface area contributed by atoms with Crippen LogP contribution in [-0.4, -0.2) is 40.2 Å². The SMILES string of the molecule is CCNc1ccc(S(=O)(=O)C(F)F)cc1NC(=O)CCNC. The summed E-state index contributed by atoms with van der Waals surface area (Å²) >= 11 is 0. The third-order valence-corrected chi connectivity index (χ3v) is 4.18. The van der Waals surface area contributed by atoms with Crippen LogP contribution in [0.25, 0.3) is 0 Å². The molecule has 0 aromatic heterocycles. The molecule has 0 saturated carbocycles. The zero-order valence-corrected chi connectivity index (χ0v) is 13.1. The topological polar surface area (TPSA) is 87.3 Å². The molecule has 22 heavy (non-hydrogen) atoms. The number of nitrogens with one attached hydrogen (secondary N) is 3. The van der Waals surface area contributed by atoms with Gasteiger partial charge in [0.2, 0.25) is 15.7 Å². The summed E-state index contributed by atoms with van der Waals surface area (Å²) in [5.41, 5.74) is 0.623. The van der Waals surface area contributed by atoms with Gasteiger partial charge in [-0.05, 0) is 32.2 Å². The number of carbonyl (C=O) groups is 1. The number of alkyl halides is 2. The molecule has 0 aliphatic carbocycles. The fourth-order valence-electron chi connectivity index (χ4n) is 1.70. The number of sulfone groups is 1. The maximum absolute atomic E-state index is 12.6. The van der Waals surface area contributed by atoms with Gasteiger partial charge in [0.1, 0.15) is 0 Å². The van der Waals surface area contributed by atoms with Crippen molar-refractivity contribution in [3.05, 3.63) is 18.2 Å². The van der Waals surface area contributed by atoms with Gasteiger partial charge in [-0.25, -0.2) is 8.42 Å². The molecule has 6 nitrogen and oxygen atoms in total. The normalized spacial score (nSPS) is 11.5. The Morgan fingerprint density at radius 3 is 2.50 bits per heavy atom. The Morgan fingerprint density at radius 1 is 1.27 bits per heavy atom. The third kappa shape index (κ3) is 4.63. The zero-order valence-electron chi connectivity index (χ0n) is 12.3. The van der Waals surface area contributed by atoms with Crippen molar-refractivity contribution >= 4 is 27.1 Å². The van der Waals surface area contributed by atoms with Crippen LogP contribution < -0.4 is 16.0 Å². The smallest absolute Gasteiger partial charge is 0.341 e. The Kier molecular flexibility index (Phi) is 6.69. The molecule has 0 radical (unpaired) electrons. The highest BCUT2D eigenvalue weighted by atomic mass is 32.2. The van der Waals surface area contributed by atoms with Gasteiger partial charge in [-0.2, -0.15) is 8.78 Å². The van der Waals surface area contributed by atoms with Gasteiger partial charge in [-0.15, -0.1) is 0 Å². The number of amides is 1. The number of anilines is 2. The molecule has 0 unspecified atom stereocenters. The van der Waals surface area contributed by atoms with Crippen molar-refractivity contribution in [2.24, 2.45) is 0 Å². The molecular weight excluding hydrogens is 316 g/mol. The van der Waals surface area contributed by atoms with E-state index in [0.29, 0.717) is 18.8 Å². The summed E-state index contributed by atoms with van der Waals surface area (Å²) in [6.45, 7) is 2.79. The maximum atomic E-state index is 12.6. The van der Waals surface area contributed by atoms with E-state index in [9.17, 15) is 22.0 Å². The number of benzene rings is 1. The number of rotatable bonds is 8. The first kappa shape index (κ1) is 18.3. The fraction of sp³-hybridized carbons (Fsp3) is 0.462. The molecule has 0 heterocycles. The Balaban J connectivity index is 3.13.